The molecule has 1 aromatic heterocycles. The highest BCUT2D eigenvalue weighted by Gasteiger charge is 2.31. The molecule has 0 atom stereocenters. The zero-order valence-electron chi connectivity index (χ0n) is 11.2. The van der Waals surface area contributed by atoms with E-state index in [0.29, 0.717) is 4.88 Å². The van der Waals surface area contributed by atoms with Gasteiger partial charge in [-0.2, -0.15) is 13.2 Å². The molecular formula is C16H13F3OS. The number of fused-ring (bicyclic) bond motifs is 1. The molecule has 1 aliphatic carbocycles. The minimum atomic E-state index is -4.43. The molecule has 0 fully saturated rings. The van der Waals surface area contributed by atoms with Gasteiger partial charge in [0.15, 0.2) is 0 Å². The van der Waals surface area contributed by atoms with Crippen LogP contribution in [0.25, 0.3) is 0 Å². The third-order valence-corrected chi connectivity index (χ3v) is 4.91. The third-order valence-electron chi connectivity index (χ3n) is 3.67. The van der Waals surface area contributed by atoms with Crippen LogP contribution in [0.4, 0.5) is 13.2 Å². The lowest BCUT2D eigenvalue weighted by atomic mass is 9.98. The van der Waals surface area contributed by atoms with Gasteiger partial charge in [-0.25, -0.2) is 0 Å². The van der Waals surface area contributed by atoms with Gasteiger partial charge in [0.25, 0.3) is 0 Å². The van der Waals surface area contributed by atoms with Crippen LogP contribution in [-0.4, -0.2) is 5.78 Å². The van der Waals surface area contributed by atoms with Crippen molar-refractivity contribution in [1.82, 2.24) is 0 Å². The Morgan fingerprint density at radius 3 is 2.57 bits per heavy atom. The van der Waals surface area contributed by atoms with E-state index in [0.717, 1.165) is 37.8 Å². The van der Waals surface area contributed by atoms with Gasteiger partial charge in [0.05, 0.1) is 10.4 Å². The highest BCUT2D eigenvalue weighted by atomic mass is 32.1. The summed E-state index contributed by atoms with van der Waals surface area (Å²) in [6.07, 6.45) is -0.270. The summed E-state index contributed by atoms with van der Waals surface area (Å²) in [7, 11) is 0. The van der Waals surface area contributed by atoms with Gasteiger partial charge >= 0.3 is 6.18 Å². The van der Waals surface area contributed by atoms with Crippen molar-refractivity contribution in [1.29, 1.82) is 0 Å². The van der Waals surface area contributed by atoms with E-state index in [9.17, 15) is 18.0 Å². The van der Waals surface area contributed by atoms with Crippen molar-refractivity contribution in [2.24, 2.45) is 0 Å². The second kappa shape index (κ2) is 5.30. The van der Waals surface area contributed by atoms with E-state index >= 15 is 0 Å². The molecule has 1 heterocycles. The molecule has 3 rings (SSSR count). The number of alkyl halides is 3. The summed E-state index contributed by atoms with van der Waals surface area (Å²) in [5, 5.41) is 0. The summed E-state index contributed by atoms with van der Waals surface area (Å²) in [5.41, 5.74) is 0.500. The minimum absolute atomic E-state index is 0.100. The first kappa shape index (κ1) is 14.3. The molecule has 1 aliphatic rings. The summed E-state index contributed by atoms with van der Waals surface area (Å²) in [6.45, 7) is 0. The molecule has 0 unspecified atom stereocenters. The Hall–Kier alpha value is -1.62. The third kappa shape index (κ3) is 2.88. The Morgan fingerprint density at radius 2 is 1.86 bits per heavy atom. The molecule has 21 heavy (non-hydrogen) atoms. The largest absolute Gasteiger partial charge is 0.416 e. The molecule has 1 aromatic carbocycles. The first-order valence-corrected chi connectivity index (χ1v) is 7.60. The SMILES string of the molecule is O=C(c1cccc(C(F)(F)F)c1)c1cc2c(s1)CCCC2. The fraction of sp³-hybridized carbons (Fsp3) is 0.312. The number of carbonyl (C=O) groups is 1. The maximum absolute atomic E-state index is 12.7. The Labute approximate surface area is 124 Å². The van der Waals surface area contributed by atoms with Crippen LogP contribution in [0.1, 0.15) is 44.1 Å². The number of hydrogen-bond acceptors (Lipinski definition) is 2. The maximum Gasteiger partial charge on any atom is 0.416 e. The minimum Gasteiger partial charge on any atom is -0.288 e. The number of carbonyl (C=O) groups excluding carboxylic acids is 1. The monoisotopic (exact) mass is 310 g/mol. The average Bonchev–Trinajstić information content (AvgIpc) is 2.89. The molecule has 0 radical (unpaired) electrons. The lowest BCUT2D eigenvalue weighted by Gasteiger charge is -2.08. The van der Waals surface area contributed by atoms with Gasteiger partial charge < -0.3 is 0 Å². The van der Waals surface area contributed by atoms with Crippen LogP contribution < -0.4 is 0 Å². The van der Waals surface area contributed by atoms with E-state index in [4.69, 9.17) is 0 Å². The van der Waals surface area contributed by atoms with Crippen LogP contribution >= 0.6 is 11.3 Å². The lowest BCUT2D eigenvalue weighted by Crippen LogP contribution is -2.07. The summed E-state index contributed by atoms with van der Waals surface area (Å²) < 4.78 is 38.1. The van der Waals surface area contributed by atoms with Crippen LogP contribution in [0.15, 0.2) is 30.3 Å². The molecule has 0 aliphatic heterocycles. The van der Waals surface area contributed by atoms with Crippen LogP contribution in [0.3, 0.4) is 0 Å². The van der Waals surface area contributed by atoms with Gasteiger partial charge in [0, 0.05) is 10.4 Å². The topological polar surface area (TPSA) is 17.1 Å². The second-order valence-corrected chi connectivity index (χ2v) is 6.31. The molecule has 0 saturated heterocycles. The molecule has 2 aromatic rings. The quantitative estimate of drug-likeness (QED) is 0.723. The number of hydrogen-bond donors (Lipinski definition) is 0. The number of rotatable bonds is 2. The molecule has 110 valence electrons. The van der Waals surface area contributed by atoms with E-state index in [1.807, 2.05) is 6.07 Å². The zero-order chi connectivity index (χ0) is 15.0. The molecule has 0 bridgehead atoms. The van der Waals surface area contributed by atoms with E-state index in [1.54, 1.807) is 0 Å². The number of halogens is 3. The smallest absolute Gasteiger partial charge is 0.288 e. The van der Waals surface area contributed by atoms with Crippen LogP contribution in [-0.2, 0) is 19.0 Å². The Balaban J connectivity index is 1.93. The standard InChI is InChI=1S/C16H13F3OS/c17-16(18,19)12-6-3-5-11(8-12)15(20)14-9-10-4-1-2-7-13(10)21-14/h3,5-6,8-9H,1-2,4,7H2. The van der Waals surface area contributed by atoms with Gasteiger partial charge in [-0.15, -0.1) is 11.3 Å². The Bertz CT molecular complexity index is 662. The molecule has 0 spiro atoms. The fourth-order valence-corrected chi connectivity index (χ4v) is 3.80. The summed E-state index contributed by atoms with van der Waals surface area (Å²) in [4.78, 5) is 14.1. The predicted octanol–water partition coefficient (Wildman–Crippen LogP) is 4.88. The molecule has 0 amide bonds. The van der Waals surface area contributed by atoms with Gasteiger partial charge in [0.1, 0.15) is 0 Å². The van der Waals surface area contributed by atoms with Crippen LogP contribution in [0, 0.1) is 0 Å². The van der Waals surface area contributed by atoms with E-state index in [1.165, 1.54) is 33.9 Å². The zero-order valence-corrected chi connectivity index (χ0v) is 12.0. The van der Waals surface area contributed by atoms with Crippen molar-refractivity contribution in [2.75, 3.05) is 0 Å². The predicted molar refractivity (Wildman–Crippen MR) is 75.8 cm³/mol. The summed E-state index contributed by atoms with van der Waals surface area (Å²) in [5.74, 6) is -0.319. The normalized spacial score (nSPS) is 14.8. The Kier molecular flexibility index (Phi) is 3.61. The first-order chi connectivity index (χ1) is 9.95. The van der Waals surface area contributed by atoms with Crippen molar-refractivity contribution in [2.45, 2.75) is 31.9 Å². The van der Waals surface area contributed by atoms with Crippen LogP contribution in [0.2, 0.25) is 0 Å². The number of ketones is 1. The highest BCUT2D eigenvalue weighted by Crippen LogP contribution is 2.33. The van der Waals surface area contributed by atoms with Gasteiger partial charge in [0.2, 0.25) is 5.78 Å². The van der Waals surface area contributed by atoms with E-state index in [-0.39, 0.29) is 11.3 Å². The number of aryl methyl sites for hydroxylation is 2. The molecule has 5 heteroatoms. The lowest BCUT2D eigenvalue weighted by molar-refractivity contribution is -0.137. The average molecular weight is 310 g/mol. The van der Waals surface area contributed by atoms with E-state index < -0.39 is 11.7 Å². The molecule has 0 N–H and O–H groups in total. The molecule has 1 nitrogen and oxygen atoms in total. The van der Waals surface area contributed by atoms with Crippen LogP contribution in [0.5, 0.6) is 0 Å². The maximum atomic E-state index is 12.7. The van der Waals surface area contributed by atoms with Gasteiger partial charge in [-0.05, 0) is 49.4 Å². The van der Waals surface area contributed by atoms with Crippen molar-refractivity contribution < 1.29 is 18.0 Å². The van der Waals surface area contributed by atoms with Gasteiger partial charge in [-0.1, -0.05) is 12.1 Å². The van der Waals surface area contributed by atoms with Crippen molar-refractivity contribution in [3.63, 3.8) is 0 Å². The summed E-state index contributed by atoms with van der Waals surface area (Å²) >= 11 is 1.42. The highest BCUT2D eigenvalue weighted by molar-refractivity contribution is 7.14. The van der Waals surface area contributed by atoms with Crippen molar-refractivity contribution in [3.8, 4) is 0 Å². The fourth-order valence-electron chi connectivity index (χ4n) is 2.58. The number of benzene rings is 1. The van der Waals surface area contributed by atoms with Crippen molar-refractivity contribution in [3.05, 3.63) is 56.8 Å². The number of thiophene rings is 1. The van der Waals surface area contributed by atoms with Crippen molar-refractivity contribution >= 4 is 17.1 Å². The second-order valence-electron chi connectivity index (χ2n) is 5.17. The van der Waals surface area contributed by atoms with E-state index in [2.05, 4.69) is 0 Å². The van der Waals surface area contributed by atoms with Gasteiger partial charge in [-0.3, -0.25) is 4.79 Å². The first-order valence-electron chi connectivity index (χ1n) is 6.79. The summed E-state index contributed by atoms with van der Waals surface area (Å²) in [6, 6.07) is 6.48. The molecular weight excluding hydrogens is 297 g/mol. The Morgan fingerprint density at radius 1 is 1.10 bits per heavy atom. The molecule has 0 saturated carbocycles.